The van der Waals surface area contributed by atoms with Crippen LogP contribution in [0.15, 0.2) is 0 Å². The van der Waals surface area contributed by atoms with Crippen LogP contribution in [0, 0.1) is 5.92 Å². The molecule has 0 aromatic heterocycles. The highest BCUT2D eigenvalue weighted by Crippen LogP contribution is 2.36. The molecule has 3 nitrogen and oxygen atoms in total. The van der Waals surface area contributed by atoms with Crippen molar-refractivity contribution < 1.29 is 9.47 Å². The minimum Gasteiger partial charge on any atom is -0.378 e. The predicted molar refractivity (Wildman–Crippen MR) is 62.5 cm³/mol. The Morgan fingerprint density at radius 1 is 1.19 bits per heavy atom. The van der Waals surface area contributed by atoms with E-state index in [1.807, 2.05) is 0 Å². The summed E-state index contributed by atoms with van der Waals surface area (Å²) in [5, 5.41) is 3.41. The Kier molecular flexibility index (Phi) is 3.18. The van der Waals surface area contributed by atoms with Crippen LogP contribution in [0.1, 0.15) is 38.5 Å². The Morgan fingerprint density at radius 3 is 2.75 bits per heavy atom. The van der Waals surface area contributed by atoms with E-state index < -0.39 is 0 Å². The molecule has 92 valence electrons. The van der Waals surface area contributed by atoms with Crippen LogP contribution in [0.4, 0.5) is 0 Å². The molecule has 1 atom stereocenters. The fourth-order valence-corrected chi connectivity index (χ4v) is 2.91. The van der Waals surface area contributed by atoms with Crippen LogP contribution in [-0.2, 0) is 9.47 Å². The lowest BCUT2D eigenvalue weighted by Gasteiger charge is -2.43. The maximum Gasteiger partial charge on any atom is 0.0731 e. The summed E-state index contributed by atoms with van der Waals surface area (Å²) in [5.41, 5.74) is 0.151. The molecular formula is C13H23NO2. The van der Waals surface area contributed by atoms with Crippen molar-refractivity contribution in [2.24, 2.45) is 5.92 Å². The van der Waals surface area contributed by atoms with Crippen molar-refractivity contribution in [2.75, 3.05) is 26.3 Å². The van der Waals surface area contributed by atoms with Gasteiger partial charge in [0, 0.05) is 19.6 Å². The van der Waals surface area contributed by atoms with Gasteiger partial charge in [0.05, 0.1) is 11.7 Å². The van der Waals surface area contributed by atoms with E-state index in [-0.39, 0.29) is 5.60 Å². The summed E-state index contributed by atoms with van der Waals surface area (Å²) in [6, 6.07) is 0. The molecule has 0 unspecified atom stereocenters. The highest BCUT2D eigenvalue weighted by Gasteiger charge is 2.39. The van der Waals surface area contributed by atoms with Crippen molar-refractivity contribution in [3.63, 3.8) is 0 Å². The number of rotatable bonds is 3. The Labute approximate surface area is 97.9 Å². The molecule has 3 rings (SSSR count). The first-order valence-corrected chi connectivity index (χ1v) is 6.83. The number of piperidine rings is 1. The minimum absolute atomic E-state index is 0.151. The fraction of sp³-hybridized carbons (Fsp3) is 1.00. The molecule has 16 heavy (non-hydrogen) atoms. The van der Waals surface area contributed by atoms with Crippen molar-refractivity contribution in [1.29, 1.82) is 0 Å². The van der Waals surface area contributed by atoms with Crippen molar-refractivity contribution in [1.82, 2.24) is 5.32 Å². The molecule has 1 aliphatic carbocycles. The van der Waals surface area contributed by atoms with Crippen molar-refractivity contribution in [2.45, 2.75) is 50.2 Å². The number of nitrogens with one attached hydrogen (secondary N) is 1. The fourth-order valence-electron chi connectivity index (χ4n) is 2.91. The van der Waals surface area contributed by atoms with Gasteiger partial charge in [0.15, 0.2) is 0 Å². The molecule has 0 amide bonds. The largest absolute Gasteiger partial charge is 0.378 e. The summed E-state index contributed by atoms with van der Waals surface area (Å²) in [6.45, 7) is 4.11. The summed E-state index contributed by atoms with van der Waals surface area (Å²) in [5.74, 6) is 0.881. The van der Waals surface area contributed by atoms with E-state index in [4.69, 9.17) is 9.47 Å². The first-order valence-electron chi connectivity index (χ1n) is 6.83. The van der Waals surface area contributed by atoms with Crippen LogP contribution < -0.4 is 5.32 Å². The SMILES string of the molecule is C1CC2(CCN1)C[C@@H](OCC1CC1)CCO2. The molecule has 1 spiro atoms. The second-order valence-electron chi connectivity index (χ2n) is 5.67. The average molecular weight is 225 g/mol. The van der Waals surface area contributed by atoms with E-state index in [1.54, 1.807) is 0 Å². The van der Waals surface area contributed by atoms with Crippen LogP contribution in [0.25, 0.3) is 0 Å². The van der Waals surface area contributed by atoms with E-state index >= 15 is 0 Å². The lowest BCUT2D eigenvalue weighted by Crippen LogP contribution is -2.49. The molecule has 1 N–H and O–H groups in total. The van der Waals surface area contributed by atoms with E-state index in [2.05, 4.69) is 5.32 Å². The van der Waals surface area contributed by atoms with Crippen molar-refractivity contribution >= 4 is 0 Å². The molecule has 0 radical (unpaired) electrons. The molecule has 0 aromatic rings. The van der Waals surface area contributed by atoms with E-state index in [0.29, 0.717) is 6.10 Å². The highest BCUT2D eigenvalue weighted by molar-refractivity contribution is 4.91. The van der Waals surface area contributed by atoms with Gasteiger partial charge in [0.2, 0.25) is 0 Å². The Hall–Kier alpha value is -0.120. The molecule has 0 bridgehead atoms. The molecule has 3 fully saturated rings. The second-order valence-corrected chi connectivity index (χ2v) is 5.67. The smallest absolute Gasteiger partial charge is 0.0731 e. The number of hydrogen-bond donors (Lipinski definition) is 1. The zero-order valence-electron chi connectivity index (χ0n) is 10.0. The summed E-state index contributed by atoms with van der Waals surface area (Å²) < 4.78 is 12.1. The second kappa shape index (κ2) is 4.63. The highest BCUT2D eigenvalue weighted by atomic mass is 16.5. The molecule has 3 aliphatic rings. The zero-order valence-corrected chi connectivity index (χ0v) is 10.0. The summed E-state index contributed by atoms with van der Waals surface area (Å²) >= 11 is 0. The number of hydrogen-bond acceptors (Lipinski definition) is 3. The maximum atomic E-state index is 6.04. The Bertz CT molecular complexity index is 229. The van der Waals surface area contributed by atoms with Crippen LogP contribution in [0.2, 0.25) is 0 Å². The van der Waals surface area contributed by atoms with Gasteiger partial charge in [-0.15, -0.1) is 0 Å². The average Bonchev–Trinajstić information content (AvgIpc) is 3.11. The van der Waals surface area contributed by atoms with E-state index in [1.165, 1.54) is 12.8 Å². The van der Waals surface area contributed by atoms with Gasteiger partial charge in [-0.1, -0.05) is 0 Å². The third kappa shape index (κ3) is 2.58. The molecule has 3 heteroatoms. The van der Waals surface area contributed by atoms with Gasteiger partial charge in [-0.3, -0.25) is 0 Å². The summed E-state index contributed by atoms with van der Waals surface area (Å²) in [4.78, 5) is 0. The van der Waals surface area contributed by atoms with Gasteiger partial charge in [0.25, 0.3) is 0 Å². The standard InChI is InChI=1S/C13H23NO2/c1-2-11(1)10-15-12-3-8-16-13(9-12)4-6-14-7-5-13/h11-12,14H,1-10H2/t12-/m0/s1. The van der Waals surface area contributed by atoms with Gasteiger partial charge in [-0.05, 0) is 51.1 Å². The molecule has 2 aliphatic heterocycles. The molecule has 2 saturated heterocycles. The van der Waals surface area contributed by atoms with Crippen molar-refractivity contribution in [3.05, 3.63) is 0 Å². The lowest BCUT2D eigenvalue weighted by atomic mass is 9.84. The van der Waals surface area contributed by atoms with Gasteiger partial charge in [0.1, 0.15) is 0 Å². The maximum absolute atomic E-state index is 6.04. The van der Waals surface area contributed by atoms with Gasteiger partial charge < -0.3 is 14.8 Å². The third-order valence-corrected chi connectivity index (χ3v) is 4.23. The predicted octanol–water partition coefficient (Wildman–Crippen LogP) is 1.71. The Balaban J connectivity index is 1.51. The number of ether oxygens (including phenoxy) is 2. The van der Waals surface area contributed by atoms with Crippen LogP contribution in [0.5, 0.6) is 0 Å². The van der Waals surface area contributed by atoms with Crippen LogP contribution in [-0.4, -0.2) is 38.0 Å². The quantitative estimate of drug-likeness (QED) is 0.793. The minimum atomic E-state index is 0.151. The third-order valence-electron chi connectivity index (χ3n) is 4.23. The van der Waals surface area contributed by atoms with E-state index in [9.17, 15) is 0 Å². The van der Waals surface area contributed by atoms with Gasteiger partial charge >= 0.3 is 0 Å². The summed E-state index contributed by atoms with van der Waals surface area (Å²) in [7, 11) is 0. The summed E-state index contributed by atoms with van der Waals surface area (Å²) in [6.07, 6.45) is 7.79. The first kappa shape index (κ1) is 11.0. The normalized spacial score (nSPS) is 34.1. The Morgan fingerprint density at radius 2 is 2.00 bits per heavy atom. The first-order chi connectivity index (χ1) is 7.86. The lowest BCUT2D eigenvalue weighted by molar-refractivity contribution is -0.146. The van der Waals surface area contributed by atoms with Gasteiger partial charge in [-0.2, -0.15) is 0 Å². The van der Waals surface area contributed by atoms with Gasteiger partial charge in [-0.25, -0.2) is 0 Å². The topological polar surface area (TPSA) is 30.5 Å². The molecule has 0 aromatic carbocycles. The monoisotopic (exact) mass is 225 g/mol. The van der Waals surface area contributed by atoms with E-state index in [0.717, 1.165) is 57.9 Å². The zero-order chi connectivity index (χ0) is 10.8. The van der Waals surface area contributed by atoms with Crippen LogP contribution >= 0.6 is 0 Å². The molecule has 1 saturated carbocycles. The molecule has 2 heterocycles. The molecular weight excluding hydrogens is 202 g/mol. The van der Waals surface area contributed by atoms with Crippen LogP contribution in [0.3, 0.4) is 0 Å². The van der Waals surface area contributed by atoms with Crippen molar-refractivity contribution in [3.8, 4) is 0 Å².